The third-order valence-electron chi connectivity index (χ3n) is 5.68. The number of carbonyl (C=O) groups excluding carboxylic acids is 1. The van der Waals surface area contributed by atoms with E-state index in [4.69, 9.17) is 4.74 Å². The molecule has 0 amide bonds. The van der Waals surface area contributed by atoms with Crippen LogP contribution in [-0.2, 0) is 9.53 Å². The third kappa shape index (κ3) is 1.78. The van der Waals surface area contributed by atoms with Crippen molar-refractivity contribution >= 4 is 5.97 Å². The number of methoxy groups -OCH3 is 1. The van der Waals surface area contributed by atoms with E-state index in [0.29, 0.717) is 0 Å². The van der Waals surface area contributed by atoms with Crippen LogP contribution >= 0.6 is 0 Å². The first-order valence-electron chi connectivity index (χ1n) is 7.30. The molecule has 0 saturated heterocycles. The van der Waals surface area contributed by atoms with E-state index in [0.717, 1.165) is 37.0 Å². The minimum absolute atomic E-state index is 0.0377. The van der Waals surface area contributed by atoms with Crippen LogP contribution in [0, 0.1) is 29.1 Å². The van der Waals surface area contributed by atoms with Gasteiger partial charge in [0.25, 0.3) is 0 Å². The standard InChI is InChI=1S/C15H24O3/c1-9(16)13(14(17)18-2)15-6-10-3-11(7-15)5-12(4-10)8-15/h9-13,16H,3-8H2,1-2H3/t9-,10?,11?,12?,13+,15?/m0/s1. The summed E-state index contributed by atoms with van der Waals surface area (Å²) in [6.45, 7) is 1.75. The van der Waals surface area contributed by atoms with Gasteiger partial charge in [0.1, 0.15) is 0 Å². The molecule has 4 saturated carbocycles. The predicted molar refractivity (Wildman–Crippen MR) is 67.8 cm³/mol. The fourth-order valence-corrected chi connectivity index (χ4v) is 5.64. The summed E-state index contributed by atoms with van der Waals surface area (Å²) in [6, 6.07) is 0. The molecule has 4 aliphatic rings. The molecule has 102 valence electrons. The maximum Gasteiger partial charge on any atom is 0.311 e. The molecular weight excluding hydrogens is 228 g/mol. The Morgan fingerprint density at radius 2 is 1.61 bits per heavy atom. The molecule has 2 atom stereocenters. The molecule has 0 aromatic heterocycles. The Kier molecular flexibility index (Phi) is 2.92. The predicted octanol–water partition coefficient (Wildman–Crippen LogP) is 2.37. The van der Waals surface area contributed by atoms with Gasteiger partial charge in [0, 0.05) is 0 Å². The SMILES string of the molecule is COC(=O)[C@@H]([C@H](C)O)C12CC3CC(CC(C3)C1)C2. The Hall–Kier alpha value is -0.570. The topological polar surface area (TPSA) is 46.5 Å². The van der Waals surface area contributed by atoms with E-state index in [1.807, 2.05) is 0 Å². The Bertz CT molecular complexity index is 312. The van der Waals surface area contributed by atoms with Crippen molar-refractivity contribution in [1.82, 2.24) is 0 Å². The van der Waals surface area contributed by atoms with E-state index in [1.165, 1.54) is 26.4 Å². The lowest BCUT2D eigenvalue weighted by Gasteiger charge is -2.59. The molecule has 3 nitrogen and oxygen atoms in total. The molecule has 4 rings (SSSR count). The number of hydrogen-bond acceptors (Lipinski definition) is 3. The summed E-state index contributed by atoms with van der Waals surface area (Å²) in [5, 5.41) is 10.1. The zero-order valence-electron chi connectivity index (χ0n) is 11.4. The quantitative estimate of drug-likeness (QED) is 0.784. The number of ether oxygens (including phenoxy) is 1. The van der Waals surface area contributed by atoms with E-state index in [1.54, 1.807) is 6.92 Å². The van der Waals surface area contributed by atoms with Gasteiger partial charge in [-0.2, -0.15) is 0 Å². The molecule has 0 spiro atoms. The van der Waals surface area contributed by atoms with Crippen LogP contribution < -0.4 is 0 Å². The highest BCUT2D eigenvalue weighted by molar-refractivity contribution is 5.74. The van der Waals surface area contributed by atoms with Gasteiger partial charge in [0.15, 0.2) is 0 Å². The average molecular weight is 252 g/mol. The van der Waals surface area contributed by atoms with Gasteiger partial charge in [-0.3, -0.25) is 4.79 Å². The molecule has 4 aliphatic carbocycles. The maximum absolute atomic E-state index is 12.1. The van der Waals surface area contributed by atoms with Crippen LogP contribution in [0.3, 0.4) is 0 Å². The van der Waals surface area contributed by atoms with E-state index in [9.17, 15) is 9.90 Å². The lowest BCUT2D eigenvalue weighted by atomic mass is 9.46. The van der Waals surface area contributed by atoms with Crippen LogP contribution in [0.4, 0.5) is 0 Å². The zero-order chi connectivity index (χ0) is 12.9. The third-order valence-corrected chi connectivity index (χ3v) is 5.68. The second-order valence-corrected chi connectivity index (χ2v) is 7.02. The van der Waals surface area contributed by atoms with Crippen molar-refractivity contribution in [2.45, 2.75) is 51.6 Å². The number of aliphatic hydroxyl groups excluding tert-OH is 1. The molecule has 1 N–H and O–H groups in total. The van der Waals surface area contributed by atoms with Gasteiger partial charge in [-0.1, -0.05) is 0 Å². The van der Waals surface area contributed by atoms with Crippen LogP contribution in [0.1, 0.15) is 45.4 Å². The van der Waals surface area contributed by atoms with Gasteiger partial charge < -0.3 is 9.84 Å². The molecule has 3 heteroatoms. The summed E-state index contributed by atoms with van der Waals surface area (Å²) in [5.41, 5.74) is 0.0377. The number of hydrogen-bond donors (Lipinski definition) is 1. The largest absolute Gasteiger partial charge is 0.469 e. The molecule has 0 aliphatic heterocycles. The molecule has 0 aromatic rings. The fourth-order valence-electron chi connectivity index (χ4n) is 5.64. The van der Waals surface area contributed by atoms with Crippen molar-refractivity contribution in [3.05, 3.63) is 0 Å². The lowest BCUT2D eigenvalue weighted by Crippen LogP contribution is -2.54. The highest BCUT2D eigenvalue weighted by Gasteiger charge is 2.57. The van der Waals surface area contributed by atoms with Crippen molar-refractivity contribution in [3.8, 4) is 0 Å². The molecular formula is C15H24O3. The van der Waals surface area contributed by atoms with Crippen molar-refractivity contribution in [2.24, 2.45) is 29.1 Å². The van der Waals surface area contributed by atoms with E-state index >= 15 is 0 Å². The first-order valence-corrected chi connectivity index (χ1v) is 7.30. The van der Waals surface area contributed by atoms with Crippen LogP contribution in [0.5, 0.6) is 0 Å². The minimum atomic E-state index is -0.589. The molecule has 0 radical (unpaired) electrons. The Morgan fingerprint density at radius 1 is 1.17 bits per heavy atom. The first kappa shape index (κ1) is 12.5. The highest BCUT2D eigenvalue weighted by Crippen LogP contribution is 2.63. The summed E-state index contributed by atoms with van der Waals surface area (Å²) in [6.07, 6.45) is 6.86. The van der Waals surface area contributed by atoms with Crippen molar-refractivity contribution in [2.75, 3.05) is 7.11 Å². The van der Waals surface area contributed by atoms with Gasteiger partial charge in [-0.15, -0.1) is 0 Å². The summed E-state index contributed by atoms with van der Waals surface area (Å²) >= 11 is 0. The number of carbonyl (C=O) groups is 1. The summed E-state index contributed by atoms with van der Waals surface area (Å²) < 4.78 is 4.96. The van der Waals surface area contributed by atoms with Gasteiger partial charge in [-0.05, 0) is 68.6 Å². The number of esters is 1. The van der Waals surface area contributed by atoms with Gasteiger partial charge >= 0.3 is 5.97 Å². The van der Waals surface area contributed by atoms with Crippen molar-refractivity contribution in [3.63, 3.8) is 0 Å². The van der Waals surface area contributed by atoms with Crippen molar-refractivity contribution in [1.29, 1.82) is 0 Å². The van der Waals surface area contributed by atoms with Crippen LogP contribution in [0.25, 0.3) is 0 Å². The maximum atomic E-state index is 12.1. The molecule has 18 heavy (non-hydrogen) atoms. The normalized spacial score (nSPS) is 44.7. The van der Waals surface area contributed by atoms with Crippen molar-refractivity contribution < 1.29 is 14.6 Å². The van der Waals surface area contributed by atoms with E-state index < -0.39 is 6.10 Å². The number of aliphatic hydroxyl groups is 1. The fraction of sp³-hybridized carbons (Fsp3) is 0.933. The van der Waals surface area contributed by atoms with E-state index in [-0.39, 0.29) is 17.3 Å². The minimum Gasteiger partial charge on any atom is -0.469 e. The Labute approximate surface area is 109 Å². The lowest BCUT2D eigenvalue weighted by molar-refractivity contribution is -0.170. The highest BCUT2D eigenvalue weighted by atomic mass is 16.5. The Balaban J connectivity index is 1.91. The molecule has 0 unspecified atom stereocenters. The smallest absolute Gasteiger partial charge is 0.311 e. The number of rotatable bonds is 3. The molecule has 4 bridgehead atoms. The molecule has 0 heterocycles. The monoisotopic (exact) mass is 252 g/mol. The summed E-state index contributed by atoms with van der Waals surface area (Å²) in [4.78, 5) is 12.1. The summed E-state index contributed by atoms with van der Waals surface area (Å²) in [7, 11) is 1.44. The summed E-state index contributed by atoms with van der Waals surface area (Å²) in [5.74, 6) is 1.87. The second kappa shape index (κ2) is 4.22. The zero-order valence-corrected chi connectivity index (χ0v) is 11.4. The van der Waals surface area contributed by atoms with Crippen LogP contribution in [-0.4, -0.2) is 24.3 Å². The van der Waals surface area contributed by atoms with Gasteiger partial charge in [-0.25, -0.2) is 0 Å². The first-order chi connectivity index (χ1) is 8.54. The molecule has 4 fully saturated rings. The van der Waals surface area contributed by atoms with Gasteiger partial charge in [0.05, 0.1) is 19.1 Å². The van der Waals surface area contributed by atoms with Crippen LogP contribution in [0.15, 0.2) is 0 Å². The second-order valence-electron chi connectivity index (χ2n) is 7.02. The average Bonchev–Trinajstić information content (AvgIpc) is 2.25. The van der Waals surface area contributed by atoms with Crippen LogP contribution in [0.2, 0.25) is 0 Å². The molecule has 0 aromatic carbocycles. The Morgan fingerprint density at radius 3 is 1.94 bits per heavy atom. The van der Waals surface area contributed by atoms with Gasteiger partial charge in [0.2, 0.25) is 0 Å². The van der Waals surface area contributed by atoms with E-state index in [2.05, 4.69) is 0 Å².